The van der Waals surface area contributed by atoms with Crippen molar-refractivity contribution < 1.29 is 27.8 Å². The first-order chi connectivity index (χ1) is 12.0. The van der Waals surface area contributed by atoms with Crippen LogP contribution in [0.5, 0.6) is 11.5 Å². The summed E-state index contributed by atoms with van der Waals surface area (Å²) in [5, 5.41) is 0.362. The van der Waals surface area contributed by atoms with Gasteiger partial charge in [0.25, 0.3) is 6.43 Å². The van der Waals surface area contributed by atoms with Gasteiger partial charge < -0.3 is 14.2 Å². The average Bonchev–Trinajstić information content (AvgIpc) is 2.60. The van der Waals surface area contributed by atoms with Crippen molar-refractivity contribution in [3.05, 3.63) is 58.1 Å². The van der Waals surface area contributed by atoms with Gasteiger partial charge in [0, 0.05) is 10.6 Å². The number of carbonyl (C=O) groups excluding carboxylic acids is 1. The maximum Gasteiger partial charge on any atom is 0.513 e. The minimum Gasteiger partial charge on any atom is -0.488 e. The highest BCUT2D eigenvalue weighted by Crippen LogP contribution is 2.35. The molecule has 4 nitrogen and oxygen atoms in total. The number of hydrogen-bond acceptors (Lipinski definition) is 4. The van der Waals surface area contributed by atoms with E-state index in [1.54, 1.807) is 24.3 Å². The molecule has 0 aliphatic rings. The van der Waals surface area contributed by atoms with Crippen molar-refractivity contribution in [2.24, 2.45) is 0 Å². The average molecular weight is 371 g/mol. The zero-order valence-corrected chi connectivity index (χ0v) is 14.5. The lowest BCUT2D eigenvalue weighted by Gasteiger charge is -2.15. The summed E-state index contributed by atoms with van der Waals surface area (Å²) < 4.78 is 41.6. The summed E-state index contributed by atoms with van der Waals surface area (Å²) in [6, 6.07) is 9.31. The second-order valence-electron chi connectivity index (χ2n) is 5.09. The molecule has 0 amide bonds. The van der Waals surface area contributed by atoms with Gasteiger partial charge in [0.1, 0.15) is 18.1 Å². The number of methoxy groups -OCH3 is 1. The number of carbonyl (C=O) groups is 1. The maximum absolute atomic E-state index is 13.3. The zero-order valence-electron chi connectivity index (χ0n) is 13.7. The molecule has 0 heterocycles. The molecule has 2 aromatic carbocycles. The van der Waals surface area contributed by atoms with Crippen LogP contribution in [0.15, 0.2) is 36.4 Å². The molecule has 0 fully saturated rings. The number of para-hydroxylation sites is 1. The highest BCUT2D eigenvalue weighted by molar-refractivity contribution is 6.31. The first-order valence-electron chi connectivity index (χ1n) is 7.53. The van der Waals surface area contributed by atoms with Crippen molar-refractivity contribution in [1.82, 2.24) is 0 Å². The molecule has 2 aromatic rings. The van der Waals surface area contributed by atoms with Gasteiger partial charge >= 0.3 is 6.16 Å². The van der Waals surface area contributed by atoms with E-state index in [1.165, 1.54) is 19.2 Å². The summed E-state index contributed by atoms with van der Waals surface area (Å²) in [7, 11) is 1.19. The van der Waals surface area contributed by atoms with E-state index in [0.717, 1.165) is 0 Å². The number of rotatable bonds is 6. The Morgan fingerprint density at radius 1 is 1.16 bits per heavy atom. The Hall–Kier alpha value is -2.34. The van der Waals surface area contributed by atoms with Gasteiger partial charge in [-0.3, -0.25) is 0 Å². The van der Waals surface area contributed by atoms with E-state index in [4.69, 9.17) is 21.1 Å². The number of aryl methyl sites for hydroxylation is 1. The van der Waals surface area contributed by atoms with Crippen LogP contribution in [0.2, 0.25) is 5.02 Å². The van der Waals surface area contributed by atoms with Gasteiger partial charge in [-0.15, -0.1) is 0 Å². The lowest BCUT2D eigenvalue weighted by molar-refractivity contribution is 0.120. The molecule has 0 N–H and O–H groups in total. The molecule has 0 bridgehead atoms. The summed E-state index contributed by atoms with van der Waals surface area (Å²) in [5.74, 6) is 0.217. The van der Waals surface area contributed by atoms with Crippen molar-refractivity contribution >= 4 is 17.8 Å². The normalized spacial score (nSPS) is 10.6. The van der Waals surface area contributed by atoms with Crippen molar-refractivity contribution in [3.8, 4) is 11.5 Å². The molecule has 0 spiro atoms. The van der Waals surface area contributed by atoms with E-state index in [2.05, 4.69) is 4.74 Å². The third kappa shape index (κ3) is 4.82. The molecule has 7 heteroatoms. The Morgan fingerprint density at radius 3 is 2.52 bits per heavy atom. The summed E-state index contributed by atoms with van der Waals surface area (Å²) in [6.07, 6.45) is -3.04. The lowest BCUT2D eigenvalue weighted by Crippen LogP contribution is -2.10. The van der Waals surface area contributed by atoms with E-state index in [0.29, 0.717) is 22.6 Å². The minimum absolute atomic E-state index is 0.00919. The van der Waals surface area contributed by atoms with E-state index in [-0.39, 0.29) is 23.7 Å². The van der Waals surface area contributed by atoms with E-state index in [1.807, 2.05) is 6.92 Å². The molecule has 0 saturated heterocycles. The highest BCUT2D eigenvalue weighted by atomic mass is 35.5. The number of benzene rings is 2. The van der Waals surface area contributed by atoms with Gasteiger partial charge in [-0.25, -0.2) is 13.6 Å². The van der Waals surface area contributed by atoms with Crippen LogP contribution in [0, 0.1) is 0 Å². The SMILES string of the molecule is CCc1cc(C(F)F)c(OCc2ccccc2OC(=O)OC)cc1Cl. The molecule has 0 aliphatic carbocycles. The second kappa shape index (κ2) is 8.67. The smallest absolute Gasteiger partial charge is 0.488 e. The fraction of sp³-hybridized carbons (Fsp3) is 0.278. The first-order valence-corrected chi connectivity index (χ1v) is 7.91. The molecule has 2 rings (SSSR count). The molecule has 0 atom stereocenters. The van der Waals surface area contributed by atoms with Crippen molar-refractivity contribution in [2.45, 2.75) is 26.4 Å². The predicted octanol–water partition coefficient (Wildman–Crippen LogP) is 5.56. The number of halogens is 3. The van der Waals surface area contributed by atoms with Gasteiger partial charge in [0.15, 0.2) is 0 Å². The van der Waals surface area contributed by atoms with Crippen LogP contribution in [0.1, 0.15) is 30.0 Å². The van der Waals surface area contributed by atoms with Crippen LogP contribution in [0.3, 0.4) is 0 Å². The van der Waals surface area contributed by atoms with E-state index < -0.39 is 12.6 Å². The first kappa shape index (κ1) is 19.0. The Morgan fingerprint density at radius 2 is 1.88 bits per heavy atom. The third-order valence-corrected chi connectivity index (χ3v) is 3.86. The van der Waals surface area contributed by atoms with Crippen LogP contribution in [-0.2, 0) is 17.8 Å². The molecule has 134 valence electrons. The predicted molar refractivity (Wildman–Crippen MR) is 89.6 cm³/mol. The molecule has 0 saturated carbocycles. The van der Waals surface area contributed by atoms with Gasteiger partial charge in [-0.2, -0.15) is 0 Å². The molecule has 0 aromatic heterocycles. The van der Waals surface area contributed by atoms with Gasteiger partial charge in [0.05, 0.1) is 12.7 Å². The Kier molecular flexibility index (Phi) is 6.58. The quantitative estimate of drug-likeness (QED) is 0.493. The third-order valence-electron chi connectivity index (χ3n) is 3.51. The second-order valence-corrected chi connectivity index (χ2v) is 5.50. The lowest BCUT2D eigenvalue weighted by atomic mass is 10.1. The van der Waals surface area contributed by atoms with Gasteiger partial charge in [0.2, 0.25) is 0 Å². The Balaban J connectivity index is 2.24. The van der Waals surface area contributed by atoms with Gasteiger partial charge in [-0.05, 0) is 30.2 Å². The summed E-state index contributed by atoms with van der Waals surface area (Å²) >= 11 is 6.10. The van der Waals surface area contributed by atoms with Crippen LogP contribution in [0.25, 0.3) is 0 Å². The van der Waals surface area contributed by atoms with Crippen molar-refractivity contribution in [1.29, 1.82) is 0 Å². The molecular weight excluding hydrogens is 354 g/mol. The number of ether oxygens (including phenoxy) is 3. The molecule has 0 unspecified atom stereocenters. The summed E-state index contributed by atoms with van der Waals surface area (Å²) in [5.41, 5.74) is 0.898. The van der Waals surface area contributed by atoms with E-state index >= 15 is 0 Å². The molecule has 0 aliphatic heterocycles. The van der Waals surface area contributed by atoms with Crippen LogP contribution >= 0.6 is 11.6 Å². The number of alkyl halides is 2. The van der Waals surface area contributed by atoms with Gasteiger partial charge in [-0.1, -0.05) is 36.7 Å². The molecule has 0 radical (unpaired) electrons. The van der Waals surface area contributed by atoms with Crippen LogP contribution < -0.4 is 9.47 Å². The topological polar surface area (TPSA) is 44.8 Å². The van der Waals surface area contributed by atoms with Crippen molar-refractivity contribution in [2.75, 3.05) is 7.11 Å². The largest absolute Gasteiger partial charge is 0.513 e. The fourth-order valence-corrected chi connectivity index (χ4v) is 2.48. The molecule has 25 heavy (non-hydrogen) atoms. The Bertz CT molecular complexity index is 750. The fourth-order valence-electron chi connectivity index (χ4n) is 2.19. The standard InChI is InChI=1S/C18H17ClF2O4/c1-3-11-8-13(17(20)21)16(9-14(11)19)24-10-12-6-4-5-7-15(12)25-18(22)23-2/h4-9,17H,3,10H2,1-2H3. The maximum atomic E-state index is 13.3. The van der Waals surface area contributed by atoms with Crippen LogP contribution in [-0.4, -0.2) is 13.3 Å². The molecular formula is C18H17ClF2O4. The number of hydrogen-bond donors (Lipinski definition) is 0. The monoisotopic (exact) mass is 370 g/mol. The zero-order chi connectivity index (χ0) is 18.4. The summed E-state index contributed by atoms with van der Waals surface area (Å²) in [6.45, 7) is 1.76. The highest BCUT2D eigenvalue weighted by Gasteiger charge is 2.18. The van der Waals surface area contributed by atoms with Crippen molar-refractivity contribution in [3.63, 3.8) is 0 Å². The van der Waals surface area contributed by atoms with Crippen LogP contribution in [0.4, 0.5) is 13.6 Å². The summed E-state index contributed by atoms with van der Waals surface area (Å²) in [4.78, 5) is 11.3. The Labute approximate surface area is 149 Å². The minimum atomic E-state index is -2.70. The van der Waals surface area contributed by atoms with E-state index in [9.17, 15) is 13.6 Å².